The SMILES string of the molecule is C[C@H]1CN(c2cc(-c3ccccc3O)nnc2N)CCN1C(=O)C(C)(C)C. The average Bonchev–Trinajstić information content (AvgIpc) is 2.61. The summed E-state index contributed by atoms with van der Waals surface area (Å²) in [5, 5.41) is 18.3. The van der Waals surface area contributed by atoms with E-state index in [1.807, 2.05) is 44.7 Å². The van der Waals surface area contributed by atoms with Crippen LogP contribution in [0.15, 0.2) is 30.3 Å². The standard InChI is InChI=1S/C20H27N5O2/c1-13-12-24(9-10-25(13)19(27)20(2,3)4)16-11-15(22-23-18(16)21)14-7-5-6-8-17(14)26/h5-8,11,13,26H,9-10,12H2,1-4H3,(H2,21,23)/t13-/m0/s1. The van der Waals surface area contributed by atoms with Crippen molar-refractivity contribution in [3.63, 3.8) is 0 Å². The van der Waals surface area contributed by atoms with E-state index in [4.69, 9.17) is 5.73 Å². The molecule has 0 saturated carbocycles. The number of rotatable bonds is 2. The second-order valence-electron chi connectivity index (χ2n) is 8.06. The second kappa shape index (κ2) is 7.06. The number of nitrogens with two attached hydrogens (primary N) is 1. The summed E-state index contributed by atoms with van der Waals surface area (Å²) in [7, 11) is 0. The second-order valence-corrected chi connectivity index (χ2v) is 8.06. The van der Waals surface area contributed by atoms with Gasteiger partial charge in [0.1, 0.15) is 5.75 Å². The van der Waals surface area contributed by atoms with Crippen molar-refractivity contribution in [2.24, 2.45) is 5.41 Å². The van der Waals surface area contributed by atoms with Crippen LogP contribution in [-0.4, -0.2) is 51.8 Å². The van der Waals surface area contributed by atoms with E-state index in [0.29, 0.717) is 36.7 Å². The predicted molar refractivity (Wildman–Crippen MR) is 106 cm³/mol. The molecular weight excluding hydrogens is 342 g/mol. The molecule has 1 amide bonds. The van der Waals surface area contributed by atoms with Gasteiger partial charge in [0.05, 0.1) is 11.4 Å². The summed E-state index contributed by atoms with van der Waals surface area (Å²) in [6.07, 6.45) is 0. The number of hydrogen-bond donors (Lipinski definition) is 2. The maximum atomic E-state index is 12.6. The molecule has 0 aliphatic carbocycles. The van der Waals surface area contributed by atoms with Gasteiger partial charge in [0.2, 0.25) is 5.91 Å². The van der Waals surface area contributed by atoms with Gasteiger partial charge in [0.25, 0.3) is 0 Å². The van der Waals surface area contributed by atoms with E-state index in [1.165, 1.54) is 0 Å². The average molecular weight is 369 g/mol. The molecule has 144 valence electrons. The first-order valence-corrected chi connectivity index (χ1v) is 9.16. The number of phenolic OH excluding ortho intramolecular Hbond substituents is 1. The number of carbonyl (C=O) groups excluding carboxylic acids is 1. The number of piperazine rings is 1. The van der Waals surface area contributed by atoms with Crippen LogP contribution in [0.4, 0.5) is 11.5 Å². The van der Waals surface area contributed by atoms with Gasteiger partial charge in [-0.15, -0.1) is 10.2 Å². The molecule has 0 unspecified atom stereocenters. The molecule has 7 heteroatoms. The zero-order valence-electron chi connectivity index (χ0n) is 16.3. The lowest BCUT2D eigenvalue weighted by Gasteiger charge is -2.43. The highest BCUT2D eigenvalue weighted by molar-refractivity contribution is 5.82. The van der Waals surface area contributed by atoms with Gasteiger partial charge >= 0.3 is 0 Å². The number of phenols is 1. The minimum atomic E-state index is -0.397. The van der Waals surface area contributed by atoms with Gasteiger partial charge in [-0.05, 0) is 25.1 Å². The quantitative estimate of drug-likeness (QED) is 0.844. The number of benzene rings is 1. The monoisotopic (exact) mass is 369 g/mol. The fourth-order valence-electron chi connectivity index (χ4n) is 3.38. The Hall–Kier alpha value is -2.83. The minimum Gasteiger partial charge on any atom is -0.507 e. The van der Waals surface area contributed by atoms with E-state index < -0.39 is 5.41 Å². The number of aromatic nitrogens is 2. The van der Waals surface area contributed by atoms with Crippen LogP contribution in [0.5, 0.6) is 5.75 Å². The van der Waals surface area contributed by atoms with Crippen molar-refractivity contribution in [1.29, 1.82) is 0 Å². The third-order valence-electron chi connectivity index (χ3n) is 4.85. The number of amides is 1. The lowest BCUT2D eigenvalue weighted by molar-refractivity contribution is -0.142. The van der Waals surface area contributed by atoms with Crippen molar-refractivity contribution in [2.45, 2.75) is 33.7 Å². The van der Waals surface area contributed by atoms with Crippen LogP contribution in [0.3, 0.4) is 0 Å². The largest absolute Gasteiger partial charge is 0.507 e. The zero-order valence-corrected chi connectivity index (χ0v) is 16.3. The normalized spacial score (nSPS) is 17.9. The van der Waals surface area contributed by atoms with E-state index in [2.05, 4.69) is 15.1 Å². The molecule has 1 saturated heterocycles. The molecule has 2 heterocycles. The summed E-state index contributed by atoms with van der Waals surface area (Å²) in [6, 6.07) is 8.93. The van der Waals surface area contributed by atoms with Crippen LogP contribution in [0.2, 0.25) is 0 Å². The first-order valence-electron chi connectivity index (χ1n) is 9.16. The first kappa shape index (κ1) is 18.9. The van der Waals surface area contributed by atoms with Crippen LogP contribution < -0.4 is 10.6 Å². The Labute approximate surface area is 159 Å². The third-order valence-corrected chi connectivity index (χ3v) is 4.85. The van der Waals surface area contributed by atoms with Crippen molar-refractivity contribution < 1.29 is 9.90 Å². The Morgan fingerprint density at radius 1 is 1.22 bits per heavy atom. The molecule has 1 atom stereocenters. The Morgan fingerprint density at radius 3 is 2.56 bits per heavy atom. The zero-order chi connectivity index (χ0) is 19.8. The first-order chi connectivity index (χ1) is 12.7. The summed E-state index contributed by atoms with van der Waals surface area (Å²) in [5.74, 6) is 0.652. The van der Waals surface area contributed by atoms with Crippen molar-refractivity contribution in [3.05, 3.63) is 30.3 Å². The molecule has 3 N–H and O–H groups in total. The maximum Gasteiger partial charge on any atom is 0.228 e. The smallest absolute Gasteiger partial charge is 0.228 e. The Kier molecular flexibility index (Phi) is 4.95. The topological polar surface area (TPSA) is 95.6 Å². The molecule has 1 fully saturated rings. The van der Waals surface area contributed by atoms with Crippen LogP contribution >= 0.6 is 0 Å². The van der Waals surface area contributed by atoms with Crippen molar-refractivity contribution in [1.82, 2.24) is 15.1 Å². The number of nitrogens with zero attached hydrogens (tertiary/aromatic N) is 4. The lowest BCUT2D eigenvalue weighted by atomic mass is 9.93. The molecular formula is C20H27N5O2. The van der Waals surface area contributed by atoms with Gasteiger partial charge in [0.15, 0.2) is 5.82 Å². The number of carbonyl (C=O) groups is 1. The lowest BCUT2D eigenvalue weighted by Crippen LogP contribution is -2.56. The molecule has 27 heavy (non-hydrogen) atoms. The van der Waals surface area contributed by atoms with Crippen LogP contribution in [0, 0.1) is 5.41 Å². The molecule has 0 radical (unpaired) electrons. The van der Waals surface area contributed by atoms with Crippen molar-refractivity contribution in [3.8, 4) is 17.0 Å². The maximum absolute atomic E-state index is 12.6. The molecule has 0 bridgehead atoms. The number of anilines is 2. The Morgan fingerprint density at radius 2 is 1.93 bits per heavy atom. The van der Waals surface area contributed by atoms with E-state index in [0.717, 1.165) is 5.69 Å². The van der Waals surface area contributed by atoms with Gasteiger partial charge in [-0.1, -0.05) is 32.9 Å². The Balaban J connectivity index is 1.85. The predicted octanol–water partition coefficient (Wildman–Crippen LogP) is 2.51. The van der Waals surface area contributed by atoms with Crippen LogP contribution in [0.1, 0.15) is 27.7 Å². The molecule has 3 rings (SSSR count). The number of hydrogen-bond acceptors (Lipinski definition) is 6. The minimum absolute atomic E-state index is 0.0617. The molecule has 2 aromatic rings. The van der Waals surface area contributed by atoms with E-state index in [-0.39, 0.29) is 17.7 Å². The molecule has 1 aromatic heterocycles. The van der Waals surface area contributed by atoms with Gasteiger partial charge in [-0.2, -0.15) is 0 Å². The number of nitrogen functional groups attached to an aromatic ring is 1. The number of aromatic hydroxyl groups is 1. The molecule has 1 aliphatic heterocycles. The summed E-state index contributed by atoms with van der Waals surface area (Å²) < 4.78 is 0. The number of para-hydroxylation sites is 1. The fourth-order valence-corrected chi connectivity index (χ4v) is 3.38. The van der Waals surface area contributed by atoms with E-state index >= 15 is 0 Å². The molecule has 1 aromatic carbocycles. The van der Waals surface area contributed by atoms with Crippen molar-refractivity contribution >= 4 is 17.4 Å². The highest BCUT2D eigenvalue weighted by Gasteiger charge is 2.34. The van der Waals surface area contributed by atoms with E-state index in [1.54, 1.807) is 18.2 Å². The summed E-state index contributed by atoms with van der Waals surface area (Å²) in [5.41, 5.74) is 7.65. The Bertz CT molecular complexity index is 847. The van der Waals surface area contributed by atoms with Gasteiger partial charge in [0, 0.05) is 36.7 Å². The van der Waals surface area contributed by atoms with Crippen molar-refractivity contribution in [2.75, 3.05) is 30.3 Å². The summed E-state index contributed by atoms with van der Waals surface area (Å²) in [4.78, 5) is 16.7. The molecule has 0 spiro atoms. The summed E-state index contributed by atoms with van der Waals surface area (Å²) in [6.45, 7) is 9.84. The molecule has 7 nitrogen and oxygen atoms in total. The molecule has 1 aliphatic rings. The highest BCUT2D eigenvalue weighted by atomic mass is 16.3. The summed E-state index contributed by atoms with van der Waals surface area (Å²) >= 11 is 0. The third kappa shape index (κ3) is 3.82. The van der Waals surface area contributed by atoms with E-state index in [9.17, 15) is 9.90 Å². The van der Waals surface area contributed by atoms with Gasteiger partial charge in [-0.3, -0.25) is 4.79 Å². The highest BCUT2D eigenvalue weighted by Crippen LogP contribution is 2.32. The van der Waals surface area contributed by atoms with Gasteiger partial charge < -0.3 is 20.6 Å². The fraction of sp³-hybridized carbons (Fsp3) is 0.450. The van der Waals surface area contributed by atoms with Gasteiger partial charge in [-0.25, -0.2) is 0 Å². The van der Waals surface area contributed by atoms with Crippen LogP contribution in [0.25, 0.3) is 11.3 Å². The van der Waals surface area contributed by atoms with Crippen LogP contribution in [-0.2, 0) is 4.79 Å².